The van der Waals surface area contributed by atoms with Crippen LogP contribution in [0.25, 0.3) is 0 Å². The molecule has 0 fully saturated rings. The van der Waals surface area contributed by atoms with Gasteiger partial charge in [-0.1, -0.05) is 0 Å². The summed E-state index contributed by atoms with van der Waals surface area (Å²) in [4.78, 5) is 13.6. The third-order valence-corrected chi connectivity index (χ3v) is 3.91. The number of fused-ring (bicyclic) bond motifs is 1. The van der Waals surface area contributed by atoms with Crippen LogP contribution in [0.4, 0.5) is 11.4 Å². The molecule has 0 spiro atoms. The highest BCUT2D eigenvalue weighted by atomic mass is 79.9. The summed E-state index contributed by atoms with van der Waals surface area (Å²) in [5, 5.41) is 11.9. The van der Waals surface area contributed by atoms with Gasteiger partial charge in [-0.25, -0.2) is 0 Å². The van der Waals surface area contributed by atoms with Gasteiger partial charge in [0.05, 0.1) is 18.9 Å². The minimum absolute atomic E-state index is 0.0408. The fourth-order valence-electron chi connectivity index (χ4n) is 2.21. The maximum atomic E-state index is 11.6. The molecule has 1 aromatic carbocycles. The predicted molar refractivity (Wildman–Crippen MR) is 80.9 cm³/mol. The molecule has 20 heavy (non-hydrogen) atoms. The summed E-state index contributed by atoms with van der Waals surface area (Å²) in [6.07, 6.45) is 0. The highest BCUT2D eigenvalue weighted by Gasteiger charge is 2.28. The molecule has 0 aromatic heterocycles. The second-order valence-corrected chi connectivity index (χ2v) is 5.42. The number of amides is 1. The number of ether oxygens (including phenoxy) is 1. The molecule has 0 radical (unpaired) electrons. The number of carbonyl (C=O) groups excluding carboxylic acids is 1. The van der Waals surface area contributed by atoms with Crippen molar-refractivity contribution in [2.24, 2.45) is 5.73 Å². The van der Waals surface area contributed by atoms with Gasteiger partial charge in [0.2, 0.25) is 5.91 Å². The summed E-state index contributed by atoms with van der Waals surface area (Å²) < 4.78 is 5.92. The number of methoxy groups -OCH3 is 1. The second-order valence-electron chi connectivity index (χ2n) is 4.56. The monoisotopic (exact) mass is 343 g/mol. The van der Waals surface area contributed by atoms with Gasteiger partial charge in [0.15, 0.2) is 0 Å². The van der Waals surface area contributed by atoms with Crippen LogP contribution in [0.1, 0.15) is 11.6 Å². The molecule has 1 atom stereocenters. The molecule has 0 saturated heterocycles. The van der Waals surface area contributed by atoms with E-state index in [4.69, 9.17) is 10.5 Å². The summed E-state index contributed by atoms with van der Waals surface area (Å²) in [6.45, 7) is 1.73. The van der Waals surface area contributed by atoms with E-state index < -0.39 is 6.04 Å². The summed E-state index contributed by atoms with van der Waals surface area (Å²) in [7, 11) is 1.63. The molecular formula is C13H18BrN3O3. The average molecular weight is 344 g/mol. The van der Waals surface area contributed by atoms with E-state index in [0.29, 0.717) is 19.7 Å². The van der Waals surface area contributed by atoms with Gasteiger partial charge in [-0.15, -0.1) is 0 Å². The molecule has 1 aromatic rings. The SMILES string of the molecule is COCCN(CCO)c1cc2c(cc1Br)C(N)C(=O)N2. The van der Waals surface area contributed by atoms with Crippen LogP contribution in [0.2, 0.25) is 0 Å². The van der Waals surface area contributed by atoms with Gasteiger partial charge in [0.1, 0.15) is 6.04 Å². The van der Waals surface area contributed by atoms with Gasteiger partial charge in [-0.3, -0.25) is 4.79 Å². The van der Waals surface area contributed by atoms with Crippen molar-refractivity contribution in [3.8, 4) is 0 Å². The number of aliphatic hydroxyl groups is 1. The van der Waals surface area contributed by atoms with Crippen molar-refractivity contribution in [2.75, 3.05) is 43.6 Å². The van der Waals surface area contributed by atoms with Crippen LogP contribution in [-0.4, -0.2) is 44.4 Å². The van der Waals surface area contributed by atoms with Gasteiger partial charge < -0.3 is 25.8 Å². The van der Waals surface area contributed by atoms with Crippen molar-refractivity contribution >= 4 is 33.2 Å². The first-order valence-electron chi connectivity index (χ1n) is 6.33. The number of halogens is 1. The molecule has 1 amide bonds. The molecule has 1 aliphatic heterocycles. The van der Waals surface area contributed by atoms with Crippen LogP contribution in [0, 0.1) is 0 Å². The number of nitrogens with zero attached hydrogens (tertiary/aromatic N) is 1. The van der Waals surface area contributed by atoms with Crippen molar-refractivity contribution in [2.45, 2.75) is 6.04 Å². The predicted octanol–water partition coefficient (Wildman–Crippen LogP) is 0.846. The second kappa shape index (κ2) is 6.53. The summed E-state index contributed by atoms with van der Waals surface area (Å²) >= 11 is 3.50. The van der Waals surface area contributed by atoms with Crippen molar-refractivity contribution in [1.82, 2.24) is 0 Å². The molecule has 1 aliphatic rings. The van der Waals surface area contributed by atoms with Crippen LogP contribution in [-0.2, 0) is 9.53 Å². The first-order chi connectivity index (χ1) is 9.58. The van der Waals surface area contributed by atoms with Crippen LogP contribution in [0.3, 0.4) is 0 Å². The van der Waals surface area contributed by atoms with E-state index in [1.807, 2.05) is 17.0 Å². The Balaban J connectivity index is 2.32. The Morgan fingerprint density at radius 3 is 2.90 bits per heavy atom. The van der Waals surface area contributed by atoms with Crippen molar-refractivity contribution in [1.29, 1.82) is 0 Å². The Hall–Kier alpha value is -1.15. The number of nitrogens with one attached hydrogen (secondary N) is 1. The van der Waals surface area contributed by atoms with Crippen molar-refractivity contribution in [3.63, 3.8) is 0 Å². The minimum atomic E-state index is -0.624. The molecular weight excluding hydrogens is 326 g/mol. The minimum Gasteiger partial charge on any atom is -0.395 e. The number of aliphatic hydroxyl groups excluding tert-OH is 1. The highest BCUT2D eigenvalue weighted by Crippen LogP contribution is 2.38. The average Bonchev–Trinajstić information content (AvgIpc) is 2.70. The van der Waals surface area contributed by atoms with Gasteiger partial charge in [0.25, 0.3) is 0 Å². The smallest absolute Gasteiger partial charge is 0.245 e. The number of hydrogen-bond donors (Lipinski definition) is 3. The van der Waals surface area contributed by atoms with Gasteiger partial charge >= 0.3 is 0 Å². The first-order valence-corrected chi connectivity index (χ1v) is 7.12. The Labute approximate surface area is 126 Å². The molecule has 1 unspecified atom stereocenters. The van der Waals surface area contributed by atoms with E-state index in [1.54, 1.807) is 7.11 Å². The number of nitrogens with two attached hydrogens (primary N) is 1. The molecule has 7 heteroatoms. The van der Waals surface area contributed by atoms with E-state index in [-0.39, 0.29) is 12.5 Å². The largest absolute Gasteiger partial charge is 0.395 e. The fourth-order valence-corrected chi connectivity index (χ4v) is 2.82. The lowest BCUT2D eigenvalue weighted by atomic mass is 10.1. The Kier molecular flexibility index (Phi) is 4.98. The topological polar surface area (TPSA) is 87.8 Å². The molecule has 2 rings (SSSR count). The number of hydrogen-bond acceptors (Lipinski definition) is 5. The third kappa shape index (κ3) is 2.95. The molecule has 0 aliphatic carbocycles. The molecule has 1 heterocycles. The maximum Gasteiger partial charge on any atom is 0.245 e. The van der Waals surface area contributed by atoms with E-state index >= 15 is 0 Å². The van der Waals surface area contributed by atoms with Gasteiger partial charge in [0, 0.05) is 35.9 Å². The number of benzene rings is 1. The zero-order valence-electron chi connectivity index (χ0n) is 11.2. The third-order valence-electron chi connectivity index (χ3n) is 3.27. The van der Waals surface area contributed by atoms with E-state index in [2.05, 4.69) is 21.2 Å². The Morgan fingerprint density at radius 2 is 2.25 bits per heavy atom. The molecule has 110 valence electrons. The van der Waals surface area contributed by atoms with E-state index in [9.17, 15) is 9.90 Å². The molecule has 0 bridgehead atoms. The first kappa shape index (κ1) is 15.2. The van der Waals surface area contributed by atoms with Crippen molar-refractivity contribution < 1.29 is 14.6 Å². The summed E-state index contributed by atoms with van der Waals surface area (Å²) in [5.74, 6) is -0.199. The lowest BCUT2D eigenvalue weighted by molar-refractivity contribution is -0.116. The number of anilines is 2. The highest BCUT2D eigenvalue weighted by molar-refractivity contribution is 9.10. The lowest BCUT2D eigenvalue weighted by Gasteiger charge is -2.25. The quantitative estimate of drug-likeness (QED) is 0.712. The van der Waals surface area contributed by atoms with Crippen molar-refractivity contribution in [3.05, 3.63) is 22.2 Å². The molecule has 0 saturated carbocycles. The molecule has 6 nitrogen and oxygen atoms in total. The Morgan fingerprint density at radius 1 is 1.50 bits per heavy atom. The normalized spacial score (nSPS) is 17.0. The van der Waals surface area contributed by atoms with E-state index in [0.717, 1.165) is 21.4 Å². The Bertz CT molecular complexity index is 510. The lowest BCUT2D eigenvalue weighted by Crippen LogP contribution is -2.30. The van der Waals surface area contributed by atoms with Gasteiger partial charge in [-0.05, 0) is 28.1 Å². The van der Waals surface area contributed by atoms with E-state index in [1.165, 1.54) is 0 Å². The molecule has 4 N–H and O–H groups in total. The van der Waals surface area contributed by atoms with Gasteiger partial charge in [-0.2, -0.15) is 0 Å². The number of carbonyl (C=O) groups is 1. The van der Waals surface area contributed by atoms with Crippen LogP contribution in [0.15, 0.2) is 16.6 Å². The standard InChI is InChI=1S/C13H18BrN3O3/c1-20-5-3-17(2-4-18)11-7-10-8(6-9(11)14)12(15)13(19)16-10/h6-7,12,18H,2-5,15H2,1H3,(H,16,19). The summed E-state index contributed by atoms with van der Waals surface area (Å²) in [5.41, 5.74) is 8.21. The zero-order valence-corrected chi connectivity index (χ0v) is 12.8. The maximum absolute atomic E-state index is 11.6. The zero-order chi connectivity index (χ0) is 14.7. The fraction of sp³-hybridized carbons (Fsp3) is 0.462. The van der Waals surface area contributed by atoms with Crippen LogP contribution < -0.4 is 16.0 Å². The van der Waals surface area contributed by atoms with Crippen LogP contribution >= 0.6 is 15.9 Å². The van der Waals surface area contributed by atoms with Crippen LogP contribution in [0.5, 0.6) is 0 Å². The number of rotatable bonds is 6. The summed E-state index contributed by atoms with van der Waals surface area (Å²) in [6, 6.07) is 3.10.